The highest BCUT2D eigenvalue weighted by Gasteiger charge is 2.37. The average molecular weight is 164 g/mol. The summed E-state index contributed by atoms with van der Waals surface area (Å²) in [7, 11) is 1.40. The van der Waals surface area contributed by atoms with Crippen molar-refractivity contribution in [1.29, 1.82) is 0 Å². The number of methoxy groups -OCH3 is 1. The molecule has 0 aromatic rings. The second-order valence-electron chi connectivity index (χ2n) is 2.48. The molecule has 0 spiro atoms. The van der Waals surface area contributed by atoms with E-state index in [0.29, 0.717) is 0 Å². The molecule has 0 aromatic heterocycles. The quantitative estimate of drug-likeness (QED) is 0.420. The summed E-state index contributed by atoms with van der Waals surface area (Å²) >= 11 is 0. The van der Waals surface area contributed by atoms with Gasteiger partial charge in [-0.3, -0.25) is 0 Å². The van der Waals surface area contributed by atoms with E-state index in [1.807, 2.05) is 0 Å². The zero-order valence-corrected chi connectivity index (χ0v) is 6.17. The normalized spacial score (nSPS) is 45.8. The van der Waals surface area contributed by atoms with Gasteiger partial charge in [-0.25, -0.2) is 0 Å². The van der Waals surface area contributed by atoms with Crippen molar-refractivity contribution in [3.8, 4) is 0 Å². The van der Waals surface area contributed by atoms with E-state index < -0.39 is 24.6 Å². The summed E-state index contributed by atoms with van der Waals surface area (Å²) in [5.41, 5.74) is 0. The molecule has 0 saturated carbocycles. The predicted octanol–water partition coefficient (Wildman–Crippen LogP) is -1.93. The van der Waals surface area contributed by atoms with E-state index in [-0.39, 0.29) is 6.61 Å². The SMILES string of the molecule is CO[C@@H]1COC(O)[C@@H](O)[C@@H]1O. The van der Waals surface area contributed by atoms with E-state index in [9.17, 15) is 5.11 Å². The third-order valence-corrected chi connectivity index (χ3v) is 1.76. The summed E-state index contributed by atoms with van der Waals surface area (Å²) in [6, 6.07) is 0. The molecule has 1 aliphatic rings. The topological polar surface area (TPSA) is 79.2 Å². The molecule has 0 amide bonds. The molecule has 1 fully saturated rings. The van der Waals surface area contributed by atoms with Gasteiger partial charge in [0.15, 0.2) is 6.29 Å². The van der Waals surface area contributed by atoms with Gasteiger partial charge >= 0.3 is 0 Å². The van der Waals surface area contributed by atoms with E-state index in [0.717, 1.165) is 0 Å². The van der Waals surface area contributed by atoms with Crippen LogP contribution in [0, 0.1) is 0 Å². The summed E-state index contributed by atoms with van der Waals surface area (Å²) in [4.78, 5) is 0. The Morgan fingerprint density at radius 3 is 2.45 bits per heavy atom. The number of rotatable bonds is 1. The minimum absolute atomic E-state index is 0.0931. The fourth-order valence-electron chi connectivity index (χ4n) is 0.987. The molecule has 4 atom stereocenters. The Kier molecular flexibility index (Phi) is 2.80. The smallest absolute Gasteiger partial charge is 0.183 e. The van der Waals surface area contributed by atoms with Gasteiger partial charge in [0.2, 0.25) is 0 Å². The van der Waals surface area contributed by atoms with Crippen LogP contribution in [-0.4, -0.2) is 53.6 Å². The van der Waals surface area contributed by atoms with Gasteiger partial charge in [-0.15, -0.1) is 0 Å². The third-order valence-electron chi connectivity index (χ3n) is 1.76. The second-order valence-corrected chi connectivity index (χ2v) is 2.48. The van der Waals surface area contributed by atoms with Gasteiger partial charge in [-0.2, -0.15) is 0 Å². The van der Waals surface area contributed by atoms with Gasteiger partial charge in [0, 0.05) is 7.11 Å². The molecule has 0 aromatic carbocycles. The second kappa shape index (κ2) is 3.46. The molecule has 0 aliphatic carbocycles. The zero-order chi connectivity index (χ0) is 8.43. The monoisotopic (exact) mass is 164 g/mol. The number of aliphatic hydroxyl groups excluding tert-OH is 3. The van der Waals surface area contributed by atoms with E-state index in [2.05, 4.69) is 4.74 Å². The molecule has 66 valence electrons. The lowest BCUT2D eigenvalue weighted by molar-refractivity contribution is -0.256. The number of aliphatic hydroxyl groups is 3. The van der Waals surface area contributed by atoms with Crippen molar-refractivity contribution >= 4 is 0 Å². The first-order valence-corrected chi connectivity index (χ1v) is 3.35. The predicted molar refractivity (Wildman–Crippen MR) is 34.8 cm³/mol. The van der Waals surface area contributed by atoms with Gasteiger partial charge in [0.05, 0.1) is 6.61 Å². The van der Waals surface area contributed by atoms with Crippen LogP contribution in [0.25, 0.3) is 0 Å². The lowest BCUT2D eigenvalue weighted by atomic mass is 10.1. The van der Waals surface area contributed by atoms with Crippen LogP contribution in [-0.2, 0) is 9.47 Å². The molecule has 0 bridgehead atoms. The van der Waals surface area contributed by atoms with Crippen molar-refractivity contribution in [2.24, 2.45) is 0 Å². The van der Waals surface area contributed by atoms with Crippen LogP contribution in [0.15, 0.2) is 0 Å². The number of hydrogen-bond donors (Lipinski definition) is 3. The molecule has 1 heterocycles. The first kappa shape index (κ1) is 8.89. The Hall–Kier alpha value is -0.200. The lowest BCUT2D eigenvalue weighted by Gasteiger charge is -2.33. The fraction of sp³-hybridized carbons (Fsp3) is 1.00. The summed E-state index contributed by atoms with van der Waals surface area (Å²) in [6.07, 6.45) is -4.23. The van der Waals surface area contributed by atoms with Crippen LogP contribution in [0.4, 0.5) is 0 Å². The zero-order valence-electron chi connectivity index (χ0n) is 6.17. The highest BCUT2D eigenvalue weighted by molar-refractivity contribution is 4.82. The molecule has 1 unspecified atom stereocenters. The summed E-state index contributed by atoms with van der Waals surface area (Å²) in [5.74, 6) is 0. The average Bonchev–Trinajstić information content (AvgIpc) is 2.01. The molecule has 5 nitrogen and oxygen atoms in total. The Bertz CT molecular complexity index is 126. The molecule has 1 aliphatic heterocycles. The highest BCUT2D eigenvalue weighted by Crippen LogP contribution is 2.15. The van der Waals surface area contributed by atoms with Crippen LogP contribution in [0.5, 0.6) is 0 Å². The van der Waals surface area contributed by atoms with Crippen molar-refractivity contribution in [3.63, 3.8) is 0 Å². The van der Waals surface area contributed by atoms with Gasteiger partial charge in [0.25, 0.3) is 0 Å². The van der Waals surface area contributed by atoms with Crippen LogP contribution >= 0.6 is 0 Å². The molecule has 0 radical (unpaired) electrons. The maximum Gasteiger partial charge on any atom is 0.183 e. The highest BCUT2D eigenvalue weighted by atomic mass is 16.6. The summed E-state index contributed by atoms with van der Waals surface area (Å²) < 4.78 is 9.46. The Labute approximate surface area is 64.2 Å². The minimum Gasteiger partial charge on any atom is -0.387 e. The van der Waals surface area contributed by atoms with E-state index >= 15 is 0 Å². The van der Waals surface area contributed by atoms with Gasteiger partial charge in [0.1, 0.15) is 18.3 Å². The van der Waals surface area contributed by atoms with Gasteiger partial charge in [-0.05, 0) is 0 Å². The minimum atomic E-state index is -1.31. The fourth-order valence-corrected chi connectivity index (χ4v) is 0.987. The molecule has 11 heavy (non-hydrogen) atoms. The van der Waals surface area contributed by atoms with Crippen LogP contribution in [0.1, 0.15) is 0 Å². The van der Waals surface area contributed by atoms with E-state index in [1.165, 1.54) is 7.11 Å². The first-order valence-electron chi connectivity index (χ1n) is 3.35. The molecule has 1 rings (SSSR count). The molecular formula is C6H12O5. The van der Waals surface area contributed by atoms with Crippen LogP contribution < -0.4 is 0 Å². The molecular weight excluding hydrogens is 152 g/mol. The van der Waals surface area contributed by atoms with Crippen molar-refractivity contribution in [3.05, 3.63) is 0 Å². The van der Waals surface area contributed by atoms with Crippen molar-refractivity contribution < 1.29 is 24.8 Å². The van der Waals surface area contributed by atoms with Gasteiger partial charge < -0.3 is 24.8 Å². The van der Waals surface area contributed by atoms with Gasteiger partial charge in [-0.1, -0.05) is 0 Å². The number of hydrogen-bond acceptors (Lipinski definition) is 5. The standard InChI is InChI=1S/C6H12O5/c1-10-3-2-11-6(9)5(8)4(3)7/h3-9H,2H2,1H3/t3-,4-,5+,6?/m1/s1. The van der Waals surface area contributed by atoms with Crippen LogP contribution in [0.3, 0.4) is 0 Å². The largest absolute Gasteiger partial charge is 0.387 e. The molecule has 5 heteroatoms. The number of ether oxygens (including phenoxy) is 2. The van der Waals surface area contributed by atoms with Crippen molar-refractivity contribution in [1.82, 2.24) is 0 Å². The maximum absolute atomic E-state index is 9.19. The van der Waals surface area contributed by atoms with Crippen LogP contribution in [0.2, 0.25) is 0 Å². The maximum atomic E-state index is 9.19. The van der Waals surface area contributed by atoms with E-state index in [1.54, 1.807) is 0 Å². The first-order chi connectivity index (χ1) is 5.16. The van der Waals surface area contributed by atoms with E-state index in [4.69, 9.17) is 14.9 Å². The summed E-state index contributed by atoms with van der Waals surface area (Å²) in [5, 5.41) is 27.1. The Balaban J connectivity index is 2.52. The molecule has 3 N–H and O–H groups in total. The van der Waals surface area contributed by atoms with Crippen molar-refractivity contribution in [2.45, 2.75) is 24.6 Å². The summed E-state index contributed by atoms with van der Waals surface area (Å²) in [6.45, 7) is 0.0931. The van der Waals surface area contributed by atoms with Crippen molar-refractivity contribution in [2.75, 3.05) is 13.7 Å². The third kappa shape index (κ3) is 1.69. The molecule has 1 saturated heterocycles. The lowest BCUT2D eigenvalue weighted by Crippen LogP contribution is -2.53. The Morgan fingerprint density at radius 2 is 1.91 bits per heavy atom. The Morgan fingerprint density at radius 1 is 1.27 bits per heavy atom.